The van der Waals surface area contributed by atoms with Crippen molar-refractivity contribution in [2.75, 3.05) is 6.54 Å². The van der Waals surface area contributed by atoms with Gasteiger partial charge in [-0.3, -0.25) is 4.79 Å². The lowest BCUT2D eigenvalue weighted by molar-refractivity contribution is -0.135. The largest absolute Gasteiger partial charge is 0.389 e. The topological polar surface area (TPSA) is 41.1 Å². The van der Waals surface area contributed by atoms with Gasteiger partial charge in [-0.25, -0.2) is 0 Å². The number of rotatable bonds is 5. The fourth-order valence-corrected chi connectivity index (χ4v) is 1.97. The van der Waals surface area contributed by atoms with Gasteiger partial charge >= 0.3 is 6.18 Å². The maximum absolute atomic E-state index is 11.9. The maximum Gasteiger partial charge on any atom is 0.389 e. The van der Waals surface area contributed by atoms with E-state index in [4.69, 9.17) is 0 Å². The number of halogens is 3. The Balaban J connectivity index is 2.12. The minimum atomic E-state index is -4.06. The SMILES string of the molecule is CC(CCCC(F)(F)F)NC1CCC(=O)NC1. The van der Waals surface area contributed by atoms with E-state index in [1.807, 2.05) is 6.92 Å². The summed E-state index contributed by atoms with van der Waals surface area (Å²) in [7, 11) is 0. The summed E-state index contributed by atoms with van der Waals surface area (Å²) >= 11 is 0. The molecule has 0 radical (unpaired) electrons. The van der Waals surface area contributed by atoms with Gasteiger partial charge in [-0.15, -0.1) is 0 Å². The summed E-state index contributed by atoms with van der Waals surface area (Å²) in [4.78, 5) is 10.9. The predicted octanol–water partition coefficient (Wildman–Crippen LogP) is 1.98. The van der Waals surface area contributed by atoms with Crippen molar-refractivity contribution in [1.82, 2.24) is 10.6 Å². The first kappa shape index (κ1) is 14.3. The van der Waals surface area contributed by atoms with Crippen molar-refractivity contribution in [3.63, 3.8) is 0 Å². The first-order chi connectivity index (χ1) is 7.87. The van der Waals surface area contributed by atoms with Gasteiger partial charge in [0.2, 0.25) is 5.91 Å². The van der Waals surface area contributed by atoms with Gasteiger partial charge in [0.15, 0.2) is 0 Å². The molecule has 0 aromatic rings. The molecule has 3 nitrogen and oxygen atoms in total. The Labute approximate surface area is 99.1 Å². The van der Waals surface area contributed by atoms with Crippen molar-refractivity contribution in [2.45, 2.75) is 57.3 Å². The molecule has 0 aromatic heterocycles. The van der Waals surface area contributed by atoms with Crippen molar-refractivity contribution in [3.8, 4) is 0 Å². The van der Waals surface area contributed by atoms with Crippen LogP contribution in [0.2, 0.25) is 0 Å². The Kier molecular flexibility index (Phi) is 5.24. The third-order valence-electron chi connectivity index (χ3n) is 2.88. The summed E-state index contributed by atoms with van der Waals surface area (Å²) in [5.74, 6) is 0.0489. The molecule has 0 aromatic carbocycles. The first-order valence-electron chi connectivity index (χ1n) is 5.96. The van der Waals surface area contributed by atoms with Crippen LogP contribution in [0, 0.1) is 0 Å². The lowest BCUT2D eigenvalue weighted by Crippen LogP contribution is -2.48. The summed E-state index contributed by atoms with van der Waals surface area (Å²) in [6.45, 7) is 2.45. The van der Waals surface area contributed by atoms with Crippen LogP contribution < -0.4 is 10.6 Å². The number of nitrogens with one attached hydrogen (secondary N) is 2. The van der Waals surface area contributed by atoms with Crippen molar-refractivity contribution >= 4 is 5.91 Å². The van der Waals surface area contributed by atoms with Crippen molar-refractivity contribution in [2.24, 2.45) is 0 Å². The van der Waals surface area contributed by atoms with Crippen molar-refractivity contribution in [3.05, 3.63) is 0 Å². The molecule has 100 valence electrons. The molecule has 1 rings (SSSR count). The smallest absolute Gasteiger partial charge is 0.355 e. The summed E-state index contributed by atoms with van der Waals surface area (Å²) in [6.07, 6.45) is -2.87. The molecule has 0 bridgehead atoms. The van der Waals surface area contributed by atoms with E-state index < -0.39 is 12.6 Å². The molecule has 2 atom stereocenters. The highest BCUT2D eigenvalue weighted by Gasteiger charge is 2.26. The normalized spacial score (nSPS) is 23.3. The van der Waals surface area contributed by atoms with Crippen LogP contribution >= 0.6 is 0 Å². The fraction of sp³-hybridized carbons (Fsp3) is 0.909. The molecule has 2 unspecified atom stereocenters. The Hall–Kier alpha value is -0.780. The van der Waals surface area contributed by atoms with Crippen molar-refractivity contribution in [1.29, 1.82) is 0 Å². The van der Waals surface area contributed by atoms with Crippen LogP contribution in [0.1, 0.15) is 39.0 Å². The van der Waals surface area contributed by atoms with E-state index in [1.54, 1.807) is 0 Å². The van der Waals surface area contributed by atoms with Gasteiger partial charge in [-0.2, -0.15) is 13.2 Å². The molecular formula is C11H19F3N2O. The van der Waals surface area contributed by atoms with Gasteiger partial charge < -0.3 is 10.6 Å². The molecule has 0 spiro atoms. The fourth-order valence-electron chi connectivity index (χ4n) is 1.97. The highest BCUT2D eigenvalue weighted by molar-refractivity contribution is 5.76. The lowest BCUT2D eigenvalue weighted by atomic mass is 10.0. The van der Waals surface area contributed by atoms with E-state index in [1.165, 1.54) is 0 Å². The minimum absolute atomic E-state index is 0.0489. The number of hydrogen-bond acceptors (Lipinski definition) is 2. The second kappa shape index (κ2) is 6.23. The van der Waals surface area contributed by atoms with E-state index >= 15 is 0 Å². The number of hydrogen-bond donors (Lipinski definition) is 2. The Bertz CT molecular complexity index is 246. The van der Waals surface area contributed by atoms with E-state index in [0.29, 0.717) is 19.4 Å². The van der Waals surface area contributed by atoms with Crippen LogP contribution in [0.15, 0.2) is 0 Å². The number of piperidine rings is 1. The van der Waals surface area contributed by atoms with Gasteiger partial charge in [0.05, 0.1) is 0 Å². The molecule has 17 heavy (non-hydrogen) atoms. The number of alkyl halides is 3. The molecule has 1 saturated heterocycles. The van der Waals surface area contributed by atoms with Gasteiger partial charge in [0, 0.05) is 31.5 Å². The van der Waals surface area contributed by atoms with Crippen LogP contribution in [-0.2, 0) is 4.79 Å². The molecule has 1 fully saturated rings. The molecule has 6 heteroatoms. The van der Waals surface area contributed by atoms with E-state index in [2.05, 4.69) is 10.6 Å². The zero-order valence-electron chi connectivity index (χ0n) is 9.94. The Morgan fingerprint density at radius 1 is 1.53 bits per heavy atom. The number of carbonyl (C=O) groups excluding carboxylic acids is 1. The van der Waals surface area contributed by atoms with Gasteiger partial charge in [-0.1, -0.05) is 0 Å². The number of amides is 1. The van der Waals surface area contributed by atoms with Crippen LogP contribution in [-0.4, -0.2) is 30.7 Å². The molecule has 0 aliphatic carbocycles. The lowest BCUT2D eigenvalue weighted by Gasteiger charge is -2.27. The van der Waals surface area contributed by atoms with Crippen LogP contribution in [0.5, 0.6) is 0 Å². The molecule has 0 saturated carbocycles. The standard InChI is InChI=1S/C11H19F3N2O/c1-8(3-2-6-11(12,13)14)16-9-4-5-10(17)15-7-9/h8-9,16H,2-7H2,1H3,(H,15,17). The third-order valence-corrected chi connectivity index (χ3v) is 2.88. The maximum atomic E-state index is 11.9. The van der Waals surface area contributed by atoms with Crippen LogP contribution in [0.3, 0.4) is 0 Å². The zero-order valence-corrected chi connectivity index (χ0v) is 9.94. The summed E-state index contributed by atoms with van der Waals surface area (Å²) in [6, 6.07) is 0.242. The quantitative estimate of drug-likeness (QED) is 0.785. The molecular weight excluding hydrogens is 233 g/mol. The molecule has 1 heterocycles. The van der Waals surface area contributed by atoms with E-state index in [9.17, 15) is 18.0 Å². The average molecular weight is 252 g/mol. The molecule has 1 aliphatic rings. The van der Waals surface area contributed by atoms with Gasteiger partial charge in [-0.05, 0) is 26.2 Å². The highest BCUT2D eigenvalue weighted by atomic mass is 19.4. The monoisotopic (exact) mass is 252 g/mol. The second-order valence-corrected chi connectivity index (χ2v) is 4.61. The van der Waals surface area contributed by atoms with Gasteiger partial charge in [0.1, 0.15) is 0 Å². The van der Waals surface area contributed by atoms with Gasteiger partial charge in [0.25, 0.3) is 0 Å². The Morgan fingerprint density at radius 3 is 2.76 bits per heavy atom. The average Bonchev–Trinajstić information content (AvgIpc) is 2.19. The summed E-state index contributed by atoms with van der Waals surface area (Å²) in [5.41, 5.74) is 0. The molecule has 2 N–H and O–H groups in total. The summed E-state index contributed by atoms with van der Waals surface area (Å²) in [5, 5.41) is 5.98. The Morgan fingerprint density at radius 2 is 2.24 bits per heavy atom. The van der Waals surface area contributed by atoms with Crippen LogP contribution in [0.25, 0.3) is 0 Å². The van der Waals surface area contributed by atoms with E-state index in [-0.39, 0.29) is 24.4 Å². The molecule has 1 amide bonds. The second-order valence-electron chi connectivity index (χ2n) is 4.61. The first-order valence-corrected chi connectivity index (χ1v) is 5.96. The van der Waals surface area contributed by atoms with E-state index in [0.717, 1.165) is 6.42 Å². The van der Waals surface area contributed by atoms with Crippen LogP contribution in [0.4, 0.5) is 13.2 Å². The summed E-state index contributed by atoms with van der Waals surface area (Å²) < 4.78 is 35.8. The minimum Gasteiger partial charge on any atom is -0.355 e. The third kappa shape index (κ3) is 6.51. The molecule has 1 aliphatic heterocycles. The van der Waals surface area contributed by atoms with Crippen molar-refractivity contribution < 1.29 is 18.0 Å². The predicted molar refractivity (Wildman–Crippen MR) is 58.5 cm³/mol. The number of carbonyl (C=O) groups is 1. The highest BCUT2D eigenvalue weighted by Crippen LogP contribution is 2.22. The zero-order chi connectivity index (χ0) is 12.9.